The van der Waals surface area contributed by atoms with Crippen LogP contribution in [-0.4, -0.2) is 11.7 Å². The lowest BCUT2D eigenvalue weighted by Gasteiger charge is -2.14. The van der Waals surface area contributed by atoms with Gasteiger partial charge in [-0.1, -0.05) is 0 Å². The van der Waals surface area contributed by atoms with Crippen LogP contribution in [0, 0.1) is 17.5 Å². The van der Waals surface area contributed by atoms with Crippen molar-refractivity contribution in [1.29, 1.82) is 0 Å². The summed E-state index contributed by atoms with van der Waals surface area (Å²) in [4.78, 5) is 0. The minimum Gasteiger partial charge on any atom is -0.390 e. The number of hydrogen-bond acceptors (Lipinski definition) is 1. The van der Waals surface area contributed by atoms with Gasteiger partial charge >= 0.3 is 5.92 Å². The summed E-state index contributed by atoms with van der Waals surface area (Å²) in [7, 11) is 0. The molecule has 0 radical (unpaired) electrons. The van der Waals surface area contributed by atoms with Gasteiger partial charge in [-0.15, -0.1) is 0 Å². The minimum absolute atomic E-state index is 0.127. The van der Waals surface area contributed by atoms with Gasteiger partial charge < -0.3 is 5.11 Å². The average molecular weight is 212 g/mol. The zero-order valence-electron chi connectivity index (χ0n) is 6.70. The number of halogens is 5. The van der Waals surface area contributed by atoms with Crippen LogP contribution in [0.4, 0.5) is 22.0 Å². The Labute approximate surface area is 75.8 Å². The van der Waals surface area contributed by atoms with Gasteiger partial charge in [0, 0.05) is 12.1 Å². The molecular weight excluding hydrogens is 207 g/mol. The maximum atomic E-state index is 12.7. The summed E-state index contributed by atoms with van der Waals surface area (Å²) in [6.45, 7) is -1.74. The van der Waals surface area contributed by atoms with Crippen molar-refractivity contribution in [1.82, 2.24) is 0 Å². The van der Waals surface area contributed by atoms with Crippen LogP contribution in [0.25, 0.3) is 0 Å². The molecule has 0 unspecified atom stereocenters. The molecule has 1 nitrogen and oxygen atoms in total. The SMILES string of the molecule is OCC(F)(F)c1c(F)cc(F)cc1F. The van der Waals surface area contributed by atoms with E-state index in [0.717, 1.165) is 0 Å². The Hall–Kier alpha value is -1.17. The van der Waals surface area contributed by atoms with Crippen LogP contribution >= 0.6 is 0 Å². The zero-order valence-corrected chi connectivity index (χ0v) is 6.70. The van der Waals surface area contributed by atoms with E-state index in [1.54, 1.807) is 0 Å². The van der Waals surface area contributed by atoms with Crippen molar-refractivity contribution in [3.63, 3.8) is 0 Å². The highest BCUT2D eigenvalue weighted by atomic mass is 19.3. The molecule has 0 heterocycles. The molecular formula is C8H5F5O. The predicted octanol–water partition coefficient (Wildman–Crippen LogP) is 2.19. The van der Waals surface area contributed by atoms with E-state index < -0.39 is 35.5 Å². The molecule has 0 fully saturated rings. The first kappa shape index (κ1) is 10.9. The van der Waals surface area contributed by atoms with Crippen LogP contribution in [0.15, 0.2) is 12.1 Å². The summed E-state index contributed by atoms with van der Waals surface area (Å²) in [5, 5.41) is 8.19. The first-order valence-corrected chi connectivity index (χ1v) is 3.52. The highest BCUT2D eigenvalue weighted by molar-refractivity contribution is 5.25. The Bertz CT molecular complexity index is 327. The Balaban J connectivity index is 3.35. The Morgan fingerprint density at radius 2 is 1.50 bits per heavy atom. The highest BCUT2D eigenvalue weighted by Crippen LogP contribution is 2.31. The monoisotopic (exact) mass is 212 g/mol. The Morgan fingerprint density at radius 3 is 1.86 bits per heavy atom. The highest BCUT2D eigenvalue weighted by Gasteiger charge is 2.37. The van der Waals surface area contributed by atoms with Crippen molar-refractivity contribution in [2.45, 2.75) is 5.92 Å². The van der Waals surface area contributed by atoms with E-state index in [-0.39, 0.29) is 12.1 Å². The molecule has 78 valence electrons. The van der Waals surface area contributed by atoms with Crippen LogP contribution in [0.5, 0.6) is 0 Å². The van der Waals surface area contributed by atoms with E-state index in [1.165, 1.54) is 0 Å². The van der Waals surface area contributed by atoms with Crippen LogP contribution < -0.4 is 0 Å². The van der Waals surface area contributed by atoms with Gasteiger partial charge in [0.2, 0.25) is 0 Å². The largest absolute Gasteiger partial charge is 0.390 e. The first-order chi connectivity index (χ1) is 6.38. The lowest BCUT2D eigenvalue weighted by molar-refractivity contribution is -0.0611. The van der Waals surface area contributed by atoms with Gasteiger partial charge in [-0.05, 0) is 0 Å². The second-order valence-corrected chi connectivity index (χ2v) is 2.61. The molecule has 0 saturated heterocycles. The zero-order chi connectivity index (χ0) is 10.9. The van der Waals surface area contributed by atoms with Crippen molar-refractivity contribution in [3.8, 4) is 0 Å². The lowest BCUT2D eigenvalue weighted by atomic mass is 10.1. The normalized spacial score (nSPS) is 11.9. The fourth-order valence-electron chi connectivity index (χ4n) is 0.971. The van der Waals surface area contributed by atoms with Crippen molar-refractivity contribution in [3.05, 3.63) is 35.1 Å². The molecule has 0 aliphatic rings. The molecule has 1 aromatic carbocycles. The molecule has 0 aliphatic carbocycles. The van der Waals surface area contributed by atoms with E-state index in [9.17, 15) is 22.0 Å². The molecule has 0 amide bonds. The van der Waals surface area contributed by atoms with E-state index >= 15 is 0 Å². The summed E-state index contributed by atoms with van der Waals surface area (Å²) in [5.74, 6) is -8.79. The molecule has 14 heavy (non-hydrogen) atoms. The minimum atomic E-state index is -4.05. The quantitative estimate of drug-likeness (QED) is 0.745. The topological polar surface area (TPSA) is 20.2 Å². The van der Waals surface area contributed by atoms with E-state index in [4.69, 9.17) is 5.11 Å². The number of benzene rings is 1. The van der Waals surface area contributed by atoms with Gasteiger partial charge in [-0.3, -0.25) is 0 Å². The van der Waals surface area contributed by atoms with Crippen molar-refractivity contribution in [2.75, 3.05) is 6.61 Å². The Kier molecular flexibility index (Phi) is 2.75. The third-order valence-electron chi connectivity index (χ3n) is 1.57. The molecule has 6 heteroatoms. The number of alkyl halides is 2. The molecule has 0 aromatic heterocycles. The van der Waals surface area contributed by atoms with E-state index in [0.29, 0.717) is 0 Å². The van der Waals surface area contributed by atoms with Crippen LogP contribution in [-0.2, 0) is 5.92 Å². The molecule has 0 aliphatic heterocycles. The maximum absolute atomic E-state index is 12.7. The van der Waals surface area contributed by atoms with Crippen LogP contribution in [0.1, 0.15) is 5.56 Å². The second kappa shape index (κ2) is 3.53. The average Bonchev–Trinajstić information content (AvgIpc) is 2.01. The van der Waals surface area contributed by atoms with Crippen molar-refractivity contribution >= 4 is 0 Å². The smallest absolute Gasteiger partial charge is 0.301 e. The summed E-state index contributed by atoms with van der Waals surface area (Å²) in [5.41, 5.74) is -1.62. The van der Waals surface area contributed by atoms with Gasteiger partial charge in [0.1, 0.15) is 24.1 Å². The van der Waals surface area contributed by atoms with Crippen LogP contribution in [0.3, 0.4) is 0 Å². The first-order valence-electron chi connectivity index (χ1n) is 3.52. The van der Waals surface area contributed by atoms with E-state index in [2.05, 4.69) is 0 Å². The summed E-state index contributed by atoms with van der Waals surface area (Å²) in [6.07, 6.45) is 0. The summed E-state index contributed by atoms with van der Waals surface area (Å²) in [6, 6.07) is 0.254. The molecule has 0 atom stereocenters. The number of aliphatic hydroxyl groups excluding tert-OH is 1. The van der Waals surface area contributed by atoms with Crippen molar-refractivity contribution in [2.24, 2.45) is 0 Å². The maximum Gasteiger partial charge on any atom is 0.301 e. The lowest BCUT2D eigenvalue weighted by Crippen LogP contribution is -2.22. The fourth-order valence-corrected chi connectivity index (χ4v) is 0.971. The van der Waals surface area contributed by atoms with Crippen LogP contribution in [0.2, 0.25) is 0 Å². The third-order valence-corrected chi connectivity index (χ3v) is 1.57. The van der Waals surface area contributed by atoms with Crippen molar-refractivity contribution < 1.29 is 27.1 Å². The predicted molar refractivity (Wildman–Crippen MR) is 37.3 cm³/mol. The fraction of sp³-hybridized carbons (Fsp3) is 0.250. The molecule has 0 saturated carbocycles. The van der Waals surface area contributed by atoms with E-state index in [1.807, 2.05) is 0 Å². The number of aliphatic hydroxyl groups is 1. The molecule has 1 aromatic rings. The molecule has 1 rings (SSSR count). The van der Waals surface area contributed by atoms with Gasteiger partial charge in [-0.2, -0.15) is 8.78 Å². The number of hydrogen-bond donors (Lipinski definition) is 1. The number of rotatable bonds is 2. The standard InChI is InChI=1S/C8H5F5O/c9-4-1-5(10)7(6(11)2-4)8(12,13)3-14/h1-2,14H,3H2. The molecule has 1 N–H and O–H groups in total. The van der Waals surface area contributed by atoms with Gasteiger partial charge in [0.05, 0.1) is 5.56 Å². The van der Waals surface area contributed by atoms with Gasteiger partial charge in [-0.25, -0.2) is 13.2 Å². The van der Waals surface area contributed by atoms with Gasteiger partial charge in [0.15, 0.2) is 0 Å². The molecule has 0 bridgehead atoms. The Morgan fingerprint density at radius 1 is 1.07 bits per heavy atom. The summed E-state index contributed by atoms with van der Waals surface area (Å²) < 4.78 is 63.1. The third kappa shape index (κ3) is 1.84. The summed E-state index contributed by atoms with van der Waals surface area (Å²) >= 11 is 0. The van der Waals surface area contributed by atoms with Gasteiger partial charge in [0.25, 0.3) is 0 Å². The molecule has 0 spiro atoms. The second-order valence-electron chi connectivity index (χ2n) is 2.61.